The number of nitrogens with two attached hydrogens (primary N) is 1. The lowest BCUT2D eigenvalue weighted by molar-refractivity contribution is 0.152. The van der Waals surface area contributed by atoms with Gasteiger partial charge >= 0.3 is 0 Å². The summed E-state index contributed by atoms with van der Waals surface area (Å²) in [6.45, 7) is 10.7. The Morgan fingerprint density at radius 1 is 1.07 bits per heavy atom. The van der Waals surface area contributed by atoms with Crippen molar-refractivity contribution in [2.45, 2.75) is 71.1 Å². The highest BCUT2D eigenvalue weighted by Gasteiger charge is 2.22. The minimum Gasteiger partial charge on any atom is -0.370 e. The third kappa shape index (κ3) is 5.94. The number of benzene rings is 1. The Morgan fingerprint density at radius 2 is 1.81 bits per heavy atom. The minimum atomic E-state index is 0.559. The van der Waals surface area contributed by atoms with Gasteiger partial charge in [-0.25, -0.2) is 4.99 Å². The average Bonchev–Trinajstić information content (AvgIpc) is 3.15. The molecule has 1 aromatic carbocycles. The number of aliphatic imine (C=N–C) groups is 1. The van der Waals surface area contributed by atoms with E-state index in [1.807, 2.05) is 0 Å². The largest absolute Gasteiger partial charge is 0.370 e. The molecule has 0 spiro atoms. The van der Waals surface area contributed by atoms with E-state index >= 15 is 0 Å². The van der Waals surface area contributed by atoms with Gasteiger partial charge in [-0.2, -0.15) is 0 Å². The van der Waals surface area contributed by atoms with E-state index in [2.05, 4.69) is 58.2 Å². The molecule has 2 heterocycles. The van der Waals surface area contributed by atoms with Gasteiger partial charge in [-0.1, -0.05) is 37.6 Å². The molecule has 2 fully saturated rings. The summed E-state index contributed by atoms with van der Waals surface area (Å²) < 4.78 is 0. The Balaban J connectivity index is 1.44. The smallest absolute Gasteiger partial charge is 0.188 e. The molecule has 5 nitrogen and oxygen atoms in total. The second kappa shape index (κ2) is 10.1. The molecule has 3 N–H and O–H groups in total. The molecule has 2 aliphatic rings. The molecule has 27 heavy (non-hydrogen) atoms. The third-order valence-corrected chi connectivity index (χ3v) is 6.21. The van der Waals surface area contributed by atoms with Crippen molar-refractivity contribution < 1.29 is 0 Å². The first-order chi connectivity index (χ1) is 13.2. The minimum absolute atomic E-state index is 0.559. The lowest BCUT2D eigenvalue weighted by Crippen LogP contribution is -2.42. The van der Waals surface area contributed by atoms with Crippen molar-refractivity contribution in [2.75, 3.05) is 26.2 Å². The Hall–Kier alpha value is -1.59. The van der Waals surface area contributed by atoms with Crippen LogP contribution >= 0.6 is 0 Å². The molecule has 0 bridgehead atoms. The van der Waals surface area contributed by atoms with Gasteiger partial charge in [-0.3, -0.25) is 9.80 Å². The van der Waals surface area contributed by atoms with Gasteiger partial charge in [0.15, 0.2) is 5.96 Å². The van der Waals surface area contributed by atoms with Crippen molar-refractivity contribution in [2.24, 2.45) is 10.7 Å². The van der Waals surface area contributed by atoms with Gasteiger partial charge in [-0.15, -0.1) is 0 Å². The quantitative estimate of drug-likeness (QED) is 0.571. The number of guanidine groups is 1. The molecule has 2 aliphatic heterocycles. The van der Waals surface area contributed by atoms with E-state index in [0.29, 0.717) is 24.6 Å². The Bertz CT molecular complexity index is 597. The number of likely N-dealkylation sites (tertiary alicyclic amines) is 2. The monoisotopic (exact) mass is 371 g/mol. The van der Waals surface area contributed by atoms with Crippen molar-refractivity contribution in [1.29, 1.82) is 0 Å². The number of likely N-dealkylation sites (N-methyl/N-ethyl adjacent to an activating group) is 1. The highest BCUT2D eigenvalue weighted by atomic mass is 15.2. The van der Waals surface area contributed by atoms with Gasteiger partial charge in [0.1, 0.15) is 0 Å². The second-order valence-electron chi connectivity index (χ2n) is 8.14. The first kappa shape index (κ1) is 20.2. The van der Waals surface area contributed by atoms with E-state index in [0.717, 1.165) is 19.6 Å². The maximum absolute atomic E-state index is 6.07. The third-order valence-electron chi connectivity index (χ3n) is 6.21. The van der Waals surface area contributed by atoms with Crippen LogP contribution < -0.4 is 11.1 Å². The lowest BCUT2D eigenvalue weighted by Gasteiger charge is -2.33. The maximum atomic E-state index is 6.07. The van der Waals surface area contributed by atoms with Crippen LogP contribution in [0.15, 0.2) is 29.3 Å². The van der Waals surface area contributed by atoms with Crippen molar-refractivity contribution >= 4 is 5.96 Å². The summed E-state index contributed by atoms with van der Waals surface area (Å²) in [5.41, 5.74) is 8.68. The number of rotatable bonds is 7. The summed E-state index contributed by atoms with van der Waals surface area (Å²) >= 11 is 0. The SMILES string of the molecule is CCN1CCCC1CNC(N)=NCc1ccc(CN2CCCCC2C)cc1. The van der Waals surface area contributed by atoms with Crippen LogP contribution in [0.4, 0.5) is 0 Å². The van der Waals surface area contributed by atoms with E-state index in [-0.39, 0.29) is 0 Å². The van der Waals surface area contributed by atoms with Crippen LogP contribution in [0.5, 0.6) is 0 Å². The van der Waals surface area contributed by atoms with Crippen LogP contribution in [0.2, 0.25) is 0 Å². The summed E-state index contributed by atoms with van der Waals surface area (Å²) in [5, 5.41) is 3.31. The van der Waals surface area contributed by atoms with Crippen LogP contribution in [0.25, 0.3) is 0 Å². The molecule has 0 amide bonds. The zero-order chi connectivity index (χ0) is 19.1. The van der Waals surface area contributed by atoms with Gasteiger partial charge in [0, 0.05) is 25.2 Å². The van der Waals surface area contributed by atoms with Gasteiger partial charge < -0.3 is 11.1 Å². The topological polar surface area (TPSA) is 56.9 Å². The van der Waals surface area contributed by atoms with E-state index in [1.165, 1.54) is 56.3 Å². The number of piperidine rings is 1. The predicted molar refractivity (Wildman–Crippen MR) is 114 cm³/mol. The van der Waals surface area contributed by atoms with Crippen LogP contribution in [0, 0.1) is 0 Å². The fourth-order valence-electron chi connectivity index (χ4n) is 4.37. The van der Waals surface area contributed by atoms with Crippen LogP contribution in [-0.4, -0.2) is 54.0 Å². The summed E-state index contributed by atoms with van der Waals surface area (Å²) in [6, 6.07) is 10.2. The summed E-state index contributed by atoms with van der Waals surface area (Å²) in [4.78, 5) is 9.63. The van der Waals surface area contributed by atoms with Crippen LogP contribution in [0.3, 0.4) is 0 Å². The van der Waals surface area contributed by atoms with Crippen molar-refractivity contribution in [3.8, 4) is 0 Å². The lowest BCUT2D eigenvalue weighted by atomic mass is 10.0. The van der Waals surface area contributed by atoms with Gasteiger partial charge in [-0.05, 0) is 63.4 Å². The number of nitrogens with one attached hydrogen (secondary N) is 1. The van der Waals surface area contributed by atoms with E-state index in [1.54, 1.807) is 0 Å². The molecule has 1 aromatic rings. The molecule has 2 atom stereocenters. The Labute approximate surface area is 165 Å². The zero-order valence-electron chi connectivity index (χ0n) is 17.2. The van der Waals surface area contributed by atoms with Gasteiger partial charge in [0.05, 0.1) is 6.54 Å². The molecular formula is C22H37N5. The van der Waals surface area contributed by atoms with Crippen molar-refractivity contribution in [3.05, 3.63) is 35.4 Å². The summed E-state index contributed by atoms with van der Waals surface area (Å²) in [7, 11) is 0. The van der Waals surface area contributed by atoms with E-state index in [9.17, 15) is 0 Å². The summed E-state index contributed by atoms with van der Waals surface area (Å²) in [5.74, 6) is 0.559. The molecule has 5 heteroatoms. The molecule has 2 unspecified atom stereocenters. The zero-order valence-corrected chi connectivity index (χ0v) is 17.2. The molecule has 0 radical (unpaired) electrons. The standard InChI is InChI=1S/C22H37N5/c1-3-26-14-6-8-21(26)16-25-22(23)24-15-19-9-11-20(12-10-19)17-27-13-5-4-7-18(27)2/h9-12,18,21H,3-8,13-17H2,1-2H3,(H3,23,24,25). The predicted octanol–water partition coefficient (Wildman–Crippen LogP) is 2.95. The van der Waals surface area contributed by atoms with Crippen molar-refractivity contribution in [3.63, 3.8) is 0 Å². The summed E-state index contributed by atoms with van der Waals surface area (Å²) in [6.07, 6.45) is 6.59. The molecule has 3 rings (SSSR count). The van der Waals surface area contributed by atoms with E-state index < -0.39 is 0 Å². The number of nitrogens with zero attached hydrogens (tertiary/aromatic N) is 3. The van der Waals surface area contributed by atoms with Gasteiger partial charge in [0.2, 0.25) is 0 Å². The van der Waals surface area contributed by atoms with Gasteiger partial charge in [0.25, 0.3) is 0 Å². The van der Waals surface area contributed by atoms with Crippen LogP contribution in [-0.2, 0) is 13.1 Å². The fourth-order valence-corrected chi connectivity index (χ4v) is 4.37. The first-order valence-electron chi connectivity index (χ1n) is 10.8. The first-order valence-corrected chi connectivity index (χ1v) is 10.8. The molecule has 2 saturated heterocycles. The maximum Gasteiger partial charge on any atom is 0.188 e. The van der Waals surface area contributed by atoms with Crippen LogP contribution in [0.1, 0.15) is 57.1 Å². The van der Waals surface area contributed by atoms with Crippen molar-refractivity contribution in [1.82, 2.24) is 15.1 Å². The molecule has 150 valence electrons. The number of hydrogen-bond donors (Lipinski definition) is 2. The highest BCUT2D eigenvalue weighted by Crippen LogP contribution is 2.19. The molecule has 0 aromatic heterocycles. The molecular weight excluding hydrogens is 334 g/mol. The Morgan fingerprint density at radius 3 is 2.56 bits per heavy atom. The molecule has 0 aliphatic carbocycles. The molecule has 0 saturated carbocycles. The normalized spacial score (nSPS) is 25.0. The number of hydrogen-bond acceptors (Lipinski definition) is 3. The average molecular weight is 372 g/mol. The fraction of sp³-hybridized carbons (Fsp3) is 0.682. The highest BCUT2D eigenvalue weighted by molar-refractivity contribution is 5.77. The second-order valence-corrected chi connectivity index (χ2v) is 8.14. The Kier molecular flexibility index (Phi) is 7.53. The van der Waals surface area contributed by atoms with E-state index in [4.69, 9.17) is 5.73 Å².